The topological polar surface area (TPSA) is 129 Å². The summed E-state index contributed by atoms with van der Waals surface area (Å²) < 4.78 is 48.7. The standard InChI is InChI=1S/C81H116N4O9/c1-11-17-23-29-43-88-70-51-60(52-71(89-44-30-24-18-12-2)74(70)92-47-33-27-21-15-5)78(86)82-56-58-35-37-66-64(49-58)80(7,8)76-62-55-63-69(94-68(62)39-41-84(66)76)40-42-85-67-38-36-59(50-65(67)81(9,10)77(63)85)57-83-79(87)61-53-72(90-45-31-25-19-13-3)75(93-48-34-28-22-16-6)73(54-61)91-46-32-26-20-14-4/h35-38,49-55,68-69H,11-34,39-48,56-57H2,1-10H3,(H-,82,83,86,87)/p+1. The molecule has 5 heterocycles. The molecule has 0 saturated carbocycles. The van der Waals surface area contributed by atoms with Gasteiger partial charge in [-0.1, -0.05) is 189 Å². The first-order valence-electron chi connectivity index (χ1n) is 37.3. The summed E-state index contributed by atoms with van der Waals surface area (Å²) in [4.78, 5) is 31.3. The highest BCUT2D eigenvalue weighted by Gasteiger charge is 2.54. The maximum Gasteiger partial charge on any atom is 0.251 e. The maximum atomic E-state index is 14.4. The number of fused-ring (bicyclic) bond motifs is 8. The highest BCUT2D eigenvalue weighted by atomic mass is 16.5. The van der Waals surface area contributed by atoms with E-state index in [1.54, 1.807) is 0 Å². The molecular formula is C81H117N4O9+. The third-order valence-corrected chi connectivity index (χ3v) is 19.9. The van der Waals surface area contributed by atoms with Gasteiger partial charge in [0.05, 0.1) is 57.3 Å². The highest BCUT2D eigenvalue weighted by Crippen LogP contribution is 2.55. The van der Waals surface area contributed by atoms with E-state index in [0.717, 1.165) is 178 Å². The fourth-order valence-electron chi connectivity index (χ4n) is 14.6. The number of benzene rings is 4. The Morgan fingerprint density at radius 2 is 0.904 bits per heavy atom. The number of hydrogen-bond donors (Lipinski definition) is 2. The molecule has 0 spiro atoms. The number of ether oxygens (including phenoxy) is 7. The van der Waals surface area contributed by atoms with Crippen LogP contribution in [-0.4, -0.2) is 87.0 Å². The van der Waals surface area contributed by atoms with Crippen molar-refractivity contribution in [3.63, 3.8) is 0 Å². The van der Waals surface area contributed by atoms with E-state index in [0.29, 0.717) is 98.4 Å². The summed E-state index contributed by atoms with van der Waals surface area (Å²) in [6.07, 6.45) is 30.4. The van der Waals surface area contributed by atoms with Crippen molar-refractivity contribution in [2.75, 3.05) is 57.6 Å². The number of carbonyl (C=O) groups is 2. The maximum absolute atomic E-state index is 14.4. The molecule has 4 aromatic carbocycles. The van der Waals surface area contributed by atoms with Crippen LogP contribution >= 0.6 is 0 Å². The summed E-state index contributed by atoms with van der Waals surface area (Å²) in [5.41, 5.74) is 12.5. The lowest BCUT2D eigenvalue weighted by molar-refractivity contribution is -0.445. The minimum atomic E-state index is -0.336. The van der Waals surface area contributed by atoms with Gasteiger partial charge in [-0.05, 0) is 118 Å². The van der Waals surface area contributed by atoms with E-state index >= 15 is 0 Å². The molecule has 0 fully saturated rings. The molecule has 0 saturated heterocycles. The zero-order chi connectivity index (χ0) is 66.5. The van der Waals surface area contributed by atoms with Crippen molar-refractivity contribution >= 4 is 28.9 Å². The molecule has 2 atom stereocenters. The minimum Gasteiger partial charge on any atom is -0.490 e. The molecule has 0 aliphatic carbocycles. The number of hydrogen-bond acceptors (Lipinski definition) is 10. The fourth-order valence-corrected chi connectivity index (χ4v) is 14.6. The Morgan fingerprint density at radius 3 is 1.34 bits per heavy atom. The van der Waals surface area contributed by atoms with Gasteiger partial charge >= 0.3 is 0 Å². The highest BCUT2D eigenvalue weighted by molar-refractivity contribution is 6.09. The van der Waals surface area contributed by atoms with E-state index in [4.69, 9.17) is 33.2 Å². The largest absolute Gasteiger partial charge is 0.490 e. The summed E-state index contributed by atoms with van der Waals surface area (Å²) in [5, 5.41) is 6.58. The van der Waals surface area contributed by atoms with Gasteiger partial charge in [-0.15, -0.1) is 0 Å². The predicted octanol–water partition coefficient (Wildman–Crippen LogP) is 19.2. The second-order valence-electron chi connectivity index (χ2n) is 28.1. The summed E-state index contributed by atoms with van der Waals surface area (Å²) in [5.74, 6) is 3.15. The Morgan fingerprint density at radius 1 is 0.489 bits per heavy atom. The van der Waals surface area contributed by atoms with E-state index in [-0.39, 0.29) is 34.9 Å². The molecule has 13 nitrogen and oxygen atoms in total. The first-order valence-corrected chi connectivity index (χ1v) is 37.3. The molecule has 13 heteroatoms. The average molecular weight is 1290 g/mol. The lowest BCUT2D eigenvalue weighted by atomic mass is 9.73. The molecular weight excluding hydrogens is 1170 g/mol. The van der Waals surface area contributed by atoms with Crippen LogP contribution in [0, 0.1) is 0 Å². The van der Waals surface area contributed by atoms with Gasteiger partial charge in [0.15, 0.2) is 35.3 Å². The van der Waals surface area contributed by atoms with E-state index in [2.05, 4.69) is 132 Å². The molecule has 5 aliphatic rings. The number of anilines is 1. The van der Waals surface area contributed by atoms with Gasteiger partial charge in [0.25, 0.3) is 11.8 Å². The lowest BCUT2D eigenvalue weighted by Crippen LogP contribution is -2.47. The Hall–Kier alpha value is -6.47. The SMILES string of the molecule is CCCCCCOc1cc(C(=O)NCc2ccc3c(c2)C(C)(C)C2=C4C=C5C6=[N+](CCC5OC4CCN23)c2ccc(CNC(=O)c3cc(OCCCCCC)c(OCCCCCC)c(OCCCCCC)c3)cc2C6(C)C)cc(OCCCCCC)c1OCCCCCC. The monoisotopic (exact) mass is 1290 g/mol. The van der Waals surface area contributed by atoms with Crippen LogP contribution in [0.4, 0.5) is 11.4 Å². The number of allylic oxidation sites excluding steroid dienone is 1. The number of amides is 2. The third-order valence-electron chi connectivity index (χ3n) is 19.9. The van der Waals surface area contributed by atoms with Crippen LogP contribution in [0.2, 0.25) is 0 Å². The molecule has 5 aliphatic heterocycles. The van der Waals surface area contributed by atoms with Gasteiger partial charge in [-0.3, -0.25) is 9.59 Å². The fraction of sp³-hybridized carbons (Fsp3) is 0.617. The van der Waals surface area contributed by atoms with Crippen LogP contribution in [0.1, 0.15) is 279 Å². The zero-order valence-corrected chi connectivity index (χ0v) is 59.5. The first kappa shape index (κ1) is 71.8. The minimum absolute atomic E-state index is 0.00368. The van der Waals surface area contributed by atoms with Gasteiger partial charge < -0.3 is 48.7 Å². The quantitative estimate of drug-likeness (QED) is 0.0327. The summed E-state index contributed by atoms with van der Waals surface area (Å²) in [7, 11) is 0. The van der Waals surface area contributed by atoms with E-state index in [9.17, 15) is 9.59 Å². The van der Waals surface area contributed by atoms with Crippen molar-refractivity contribution in [3.05, 3.63) is 117 Å². The summed E-state index contributed by atoms with van der Waals surface area (Å²) >= 11 is 0. The Kier molecular flexibility index (Phi) is 27.1. The molecule has 0 radical (unpaired) electrons. The van der Waals surface area contributed by atoms with Crippen molar-refractivity contribution in [3.8, 4) is 34.5 Å². The lowest BCUT2D eigenvalue weighted by Gasteiger charge is -2.42. The first-order chi connectivity index (χ1) is 45.8. The molecule has 2 unspecified atom stereocenters. The normalized spacial score (nSPS) is 17.1. The smallest absolute Gasteiger partial charge is 0.251 e. The van der Waals surface area contributed by atoms with Crippen LogP contribution in [-0.2, 0) is 28.7 Å². The van der Waals surface area contributed by atoms with Gasteiger partial charge in [-0.25, -0.2) is 0 Å². The van der Waals surface area contributed by atoms with E-state index < -0.39 is 0 Å². The van der Waals surface area contributed by atoms with Crippen LogP contribution in [0.3, 0.4) is 0 Å². The van der Waals surface area contributed by atoms with Crippen molar-refractivity contribution in [2.24, 2.45) is 0 Å². The van der Waals surface area contributed by atoms with Crippen molar-refractivity contribution in [2.45, 2.75) is 272 Å². The van der Waals surface area contributed by atoms with Gasteiger partial charge in [-0.2, -0.15) is 4.58 Å². The van der Waals surface area contributed by atoms with Gasteiger partial charge in [0.2, 0.25) is 17.2 Å². The predicted molar refractivity (Wildman–Crippen MR) is 382 cm³/mol. The third kappa shape index (κ3) is 17.8. The number of carbonyl (C=O) groups excluding carboxylic acids is 2. The summed E-state index contributed by atoms with van der Waals surface area (Å²) in [6.45, 7) is 28.5. The second kappa shape index (κ2) is 35.5. The van der Waals surface area contributed by atoms with Gasteiger partial charge in [0.1, 0.15) is 0 Å². The number of nitrogens with one attached hydrogen (secondary N) is 2. The molecule has 514 valence electrons. The molecule has 94 heavy (non-hydrogen) atoms. The van der Waals surface area contributed by atoms with Crippen LogP contribution in [0.5, 0.6) is 34.5 Å². The van der Waals surface area contributed by atoms with Gasteiger partial charge in [0, 0.05) is 76.8 Å². The number of unbranched alkanes of at least 4 members (excludes halogenated alkanes) is 18. The Labute approximate surface area is 565 Å². The van der Waals surface area contributed by atoms with Crippen molar-refractivity contribution in [1.82, 2.24) is 10.6 Å². The molecule has 0 aromatic heterocycles. The number of nitrogens with zero attached hydrogens (tertiary/aromatic N) is 2. The zero-order valence-electron chi connectivity index (χ0n) is 59.5. The van der Waals surface area contributed by atoms with E-state index in [1.165, 1.54) is 57.9 Å². The van der Waals surface area contributed by atoms with Crippen molar-refractivity contribution < 1.29 is 47.3 Å². The molecule has 4 aromatic rings. The molecule has 0 bridgehead atoms. The molecule has 2 amide bonds. The van der Waals surface area contributed by atoms with Crippen molar-refractivity contribution in [1.29, 1.82) is 0 Å². The molecule has 9 rings (SSSR count). The van der Waals surface area contributed by atoms with E-state index in [1.807, 2.05) is 24.3 Å². The second-order valence-corrected chi connectivity index (χ2v) is 28.1. The summed E-state index contributed by atoms with van der Waals surface area (Å²) in [6, 6.07) is 20.9. The van der Waals surface area contributed by atoms with Crippen LogP contribution in [0.15, 0.2) is 83.6 Å². The van der Waals surface area contributed by atoms with Crippen LogP contribution in [0.25, 0.3) is 0 Å². The Bertz CT molecular complexity index is 3180. The molecule has 2 N–H and O–H groups in total. The number of rotatable bonds is 42. The Balaban J connectivity index is 0.920. The van der Waals surface area contributed by atoms with Crippen LogP contribution < -0.4 is 44.0 Å². The average Bonchev–Trinajstić information content (AvgIpc) is 1.54.